The molecule has 1 heterocycles. The monoisotopic (exact) mass is 326 g/mol. The second-order valence-corrected chi connectivity index (χ2v) is 5.36. The Morgan fingerprint density at radius 1 is 1.23 bits per heavy atom. The zero-order valence-electron chi connectivity index (χ0n) is 12.7. The Morgan fingerprint density at radius 3 is 2.36 bits per heavy atom. The Bertz CT molecular complexity index is 501. The second kappa shape index (κ2) is 8.73. The molecule has 1 fully saturated rings. The fourth-order valence-electron chi connectivity index (χ4n) is 2.39. The molecule has 3 N–H and O–H groups in total. The molecule has 0 unspecified atom stereocenters. The molecule has 0 radical (unpaired) electrons. The molecule has 22 heavy (non-hydrogen) atoms. The number of nitrogens with two attached hydrogens (primary N) is 1. The van der Waals surface area contributed by atoms with E-state index in [1.807, 2.05) is 29.0 Å². The van der Waals surface area contributed by atoms with Crippen LogP contribution in [0.2, 0.25) is 0 Å². The van der Waals surface area contributed by atoms with Crippen molar-refractivity contribution in [3.05, 3.63) is 35.4 Å². The van der Waals surface area contributed by atoms with Gasteiger partial charge in [0.15, 0.2) is 0 Å². The first-order valence-corrected chi connectivity index (χ1v) is 7.12. The summed E-state index contributed by atoms with van der Waals surface area (Å²) in [7, 11) is 1.92. The molecule has 6 nitrogen and oxygen atoms in total. The minimum Gasteiger partial charge on any atom is -0.366 e. The van der Waals surface area contributed by atoms with Crippen LogP contribution in [0.4, 0.5) is 0 Å². The summed E-state index contributed by atoms with van der Waals surface area (Å²) < 4.78 is 0. The number of benzene rings is 1. The Labute approximate surface area is 137 Å². The van der Waals surface area contributed by atoms with Gasteiger partial charge in [-0.05, 0) is 24.7 Å². The van der Waals surface area contributed by atoms with Crippen LogP contribution in [-0.4, -0.2) is 61.4 Å². The molecule has 0 bridgehead atoms. The van der Waals surface area contributed by atoms with Gasteiger partial charge in [-0.3, -0.25) is 14.5 Å². The second-order valence-electron chi connectivity index (χ2n) is 5.36. The zero-order chi connectivity index (χ0) is 15.2. The maximum absolute atomic E-state index is 12.1. The van der Waals surface area contributed by atoms with E-state index in [-0.39, 0.29) is 18.3 Å². The molecule has 0 atom stereocenters. The average molecular weight is 327 g/mol. The summed E-state index contributed by atoms with van der Waals surface area (Å²) >= 11 is 0. The lowest BCUT2D eigenvalue weighted by Crippen LogP contribution is -2.49. The molecule has 122 valence electrons. The topological polar surface area (TPSA) is 78.7 Å². The summed E-state index contributed by atoms with van der Waals surface area (Å²) in [6.07, 6.45) is 0. The molecule has 0 aliphatic carbocycles. The number of likely N-dealkylation sites (N-methyl/N-ethyl adjacent to an activating group) is 1. The van der Waals surface area contributed by atoms with Gasteiger partial charge in [0.2, 0.25) is 11.8 Å². The van der Waals surface area contributed by atoms with E-state index in [2.05, 4.69) is 5.32 Å². The number of amides is 2. The number of carbonyl (C=O) groups excluding carboxylic acids is 2. The van der Waals surface area contributed by atoms with Crippen molar-refractivity contribution in [3.8, 4) is 0 Å². The summed E-state index contributed by atoms with van der Waals surface area (Å²) in [6.45, 7) is 4.35. The largest absolute Gasteiger partial charge is 0.366 e. The first-order valence-electron chi connectivity index (χ1n) is 7.12. The molecule has 2 rings (SSSR count). The van der Waals surface area contributed by atoms with Gasteiger partial charge in [0.05, 0.1) is 6.54 Å². The summed E-state index contributed by atoms with van der Waals surface area (Å²) in [6, 6.07) is 7.16. The van der Waals surface area contributed by atoms with Gasteiger partial charge in [0, 0.05) is 38.3 Å². The summed E-state index contributed by atoms with van der Waals surface area (Å²) in [5, 5.41) is 3.23. The Morgan fingerprint density at radius 2 is 1.82 bits per heavy atom. The highest BCUT2D eigenvalue weighted by molar-refractivity contribution is 5.92. The van der Waals surface area contributed by atoms with Crippen LogP contribution in [0.15, 0.2) is 24.3 Å². The minimum absolute atomic E-state index is 0. The van der Waals surface area contributed by atoms with E-state index in [0.29, 0.717) is 18.7 Å². The first-order chi connectivity index (χ1) is 10.1. The van der Waals surface area contributed by atoms with Crippen LogP contribution in [0, 0.1) is 0 Å². The predicted molar refractivity (Wildman–Crippen MR) is 88.0 cm³/mol. The summed E-state index contributed by atoms with van der Waals surface area (Å²) in [5.41, 5.74) is 6.76. The molecule has 1 aromatic carbocycles. The summed E-state index contributed by atoms with van der Waals surface area (Å²) in [4.78, 5) is 27.0. The van der Waals surface area contributed by atoms with E-state index >= 15 is 0 Å². The zero-order valence-corrected chi connectivity index (χ0v) is 13.6. The van der Waals surface area contributed by atoms with Crippen LogP contribution in [-0.2, 0) is 11.3 Å². The van der Waals surface area contributed by atoms with Crippen molar-refractivity contribution in [2.45, 2.75) is 6.54 Å². The van der Waals surface area contributed by atoms with E-state index in [1.54, 1.807) is 12.1 Å². The number of primary amides is 1. The third-order valence-electron chi connectivity index (χ3n) is 3.57. The van der Waals surface area contributed by atoms with Crippen molar-refractivity contribution < 1.29 is 9.59 Å². The number of halogens is 1. The predicted octanol–water partition coefficient (Wildman–Crippen LogP) is 0.0709. The first kappa shape index (κ1) is 18.4. The normalized spacial score (nSPS) is 14.5. The molecule has 1 aliphatic heterocycles. The number of hydrogen-bond acceptors (Lipinski definition) is 4. The maximum Gasteiger partial charge on any atom is 0.248 e. The lowest BCUT2D eigenvalue weighted by molar-refractivity contribution is -0.132. The molecule has 2 amide bonds. The van der Waals surface area contributed by atoms with Gasteiger partial charge in [0.25, 0.3) is 0 Å². The number of nitrogens with one attached hydrogen (secondary N) is 1. The van der Waals surface area contributed by atoms with Gasteiger partial charge in [-0.25, -0.2) is 0 Å². The lowest BCUT2D eigenvalue weighted by Gasteiger charge is -2.29. The van der Waals surface area contributed by atoms with E-state index in [1.165, 1.54) is 0 Å². The molecule has 1 aliphatic rings. The molecular formula is C15H23ClN4O2. The fraction of sp³-hybridized carbons (Fsp3) is 0.467. The van der Waals surface area contributed by atoms with Crippen molar-refractivity contribution in [2.24, 2.45) is 5.73 Å². The van der Waals surface area contributed by atoms with E-state index in [4.69, 9.17) is 5.73 Å². The standard InChI is InChI=1S/C15H22N4O2.ClH/c1-18(11-14(20)19-8-6-17-7-9-19)10-12-2-4-13(5-3-12)15(16)21;/h2-5,17H,6-11H2,1H3,(H2,16,21);1H. The highest BCUT2D eigenvalue weighted by atomic mass is 35.5. The Kier molecular flexibility index (Phi) is 7.31. The molecule has 0 aromatic heterocycles. The van der Waals surface area contributed by atoms with Crippen molar-refractivity contribution in [2.75, 3.05) is 39.8 Å². The summed E-state index contributed by atoms with van der Waals surface area (Å²) in [5.74, 6) is -0.267. The quantitative estimate of drug-likeness (QED) is 0.802. The van der Waals surface area contributed by atoms with Gasteiger partial charge in [-0.1, -0.05) is 12.1 Å². The third-order valence-corrected chi connectivity index (χ3v) is 3.57. The van der Waals surface area contributed by atoms with Crippen LogP contribution in [0.3, 0.4) is 0 Å². The molecule has 0 saturated carbocycles. The Hall–Kier alpha value is -1.63. The number of hydrogen-bond donors (Lipinski definition) is 2. The van der Waals surface area contributed by atoms with E-state index in [0.717, 1.165) is 31.7 Å². The number of nitrogens with zero attached hydrogens (tertiary/aromatic N) is 2. The Balaban J connectivity index is 0.00000242. The van der Waals surface area contributed by atoms with E-state index < -0.39 is 5.91 Å². The SMILES string of the molecule is CN(CC(=O)N1CCNCC1)Cc1ccc(C(N)=O)cc1.Cl. The van der Waals surface area contributed by atoms with E-state index in [9.17, 15) is 9.59 Å². The van der Waals surface area contributed by atoms with Crippen molar-refractivity contribution in [1.82, 2.24) is 15.1 Å². The van der Waals surface area contributed by atoms with Crippen molar-refractivity contribution in [3.63, 3.8) is 0 Å². The molecule has 1 saturated heterocycles. The van der Waals surface area contributed by atoms with Gasteiger partial charge >= 0.3 is 0 Å². The van der Waals surface area contributed by atoms with Crippen LogP contribution < -0.4 is 11.1 Å². The van der Waals surface area contributed by atoms with Crippen molar-refractivity contribution in [1.29, 1.82) is 0 Å². The average Bonchev–Trinajstić information content (AvgIpc) is 2.48. The number of rotatable bonds is 5. The molecule has 0 spiro atoms. The van der Waals surface area contributed by atoms with Crippen molar-refractivity contribution >= 4 is 24.2 Å². The number of piperazine rings is 1. The fourth-order valence-corrected chi connectivity index (χ4v) is 2.39. The van der Waals surface area contributed by atoms with Gasteiger partial charge in [0.1, 0.15) is 0 Å². The van der Waals surface area contributed by atoms with Gasteiger partial charge < -0.3 is 16.0 Å². The smallest absolute Gasteiger partial charge is 0.248 e. The third kappa shape index (κ3) is 5.29. The number of carbonyl (C=O) groups is 2. The highest BCUT2D eigenvalue weighted by Crippen LogP contribution is 2.07. The minimum atomic E-state index is -0.427. The van der Waals surface area contributed by atoms with Gasteiger partial charge in [-0.2, -0.15) is 0 Å². The van der Waals surface area contributed by atoms with Crippen LogP contribution in [0.5, 0.6) is 0 Å². The molecular weight excluding hydrogens is 304 g/mol. The van der Waals surface area contributed by atoms with Crippen LogP contribution in [0.25, 0.3) is 0 Å². The molecule has 7 heteroatoms. The van der Waals surface area contributed by atoms with Crippen LogP contribution >= 0.6 is 12.4 Å². The lowest BCUT2D eigenvalue weighted by atomic mass is 10.1. The molecule has 1 aromatic rings. The maximum atomic E-state index is 12.1. The van der Waals surface area contributed by atoms with Crippen LogP contribution in [0.1, 0.15) is 15.9 Å². The van der Waals surface area contributed by atoms with Gasteiger partial charge in [-0.15, -0.1) is 12.4 Å². The highest BCUT2D eigenvalue weighted by Gasteiger charge is 2.17.